The Morgan fingerprint density at radius 1 is 1.56 bits per heavy atom. The third-order valence-electron chi connectivity index (χ3n) is 2.84. The zero-order valence-electron chi connectivity index (χ0n) is 10.5. The third kappa shape index (κ3) is 2.56. The SMILES string of the molecule is CC(C)(O)c1cn(CC(=O)N2CCCC2=O)nn1. The minimum absolute atomic E-state index is 0.0329. The predicted molar refractivity (Wildman–Crippen MR) is 61.2 cm³/mol. The molecule has 0 bridgehead atoms. The Morgan fingerprint density at radius 2 is 2.28 bits per heavy atom. The van der Waals surface area contributed by atoms with Gasteiger partial charge in [-0.25, -0.2) is 4.68 Å². The van der Waals surface area contributed by atoms with Gasteiger partial charge in [0.15, 0.2) is 0 Å². The van der Waals surface area contributed by atoms with Gasteiger partial charge in [0.1, 0.15) is 17.8 Å². The maximum atomic E-state index is 11.8. The van der Waals surface area contributed by atoms with Crippen molar-refractivity contribution in [3.63, 3.8) is 0 Å². The van der Waals surface area contributed by atoms with E-state index in [4.69, 9.17) is 0 Å². The van der Waals surface area contributed by atoms with Crippen LogP contribution < -0.4 is 0 Å². The van der Waals surface area contributed by atoms with Crippen LogP contribution in [0.3, 0.4) is 0 Å². The highest BCUT2D eigenvalue weighted by Gasteiger charge is 2.27. The van der Waals surface area contributed by atoms with Crippen molar-refractivity contribution in [2.24, 2.45) is 0 Å². The number of carbonyl (C=O) groups is 2. The molecule has 1 aromatic heterocycles. The number of rotatable bonds is 3. The Kier molecular flexibility index (Phi) is 3.16. The van der Waals surface area contributed by atoms with Crippen LogP contribution in [-0.2, 0) is 21.7 Å². The second-order valence-corrected chi connectivity index (χ2v) is 4.90. The zero-order valence-corrected chi connectivity index (χ0v) is 10.5. The van der Waals surface area contributed by atoms with Gasteiger partial charge < -0.3 is 5.11 Å². The summed E-state index contributed by atoms with van der Waals surface area (Å²) in [6.45, 7) is 3.62. The molecule has 1 aliphatic rings. The Bertz CT molecular complexity index is 475. The number of hydrogen-bond donors (Lipinski definition) is 1. The van der Waals surface area contributed by atoms with Crippen molar-refractivity contribution >= 4 is 11.8 Å². The summed E-state index contributed by atoms with van der Waals surface area (Å²) in [6.07, 6.45) is 2.66. The summed E-state index contributed by atoms with van der Waals surface area (Å²) < 4.78 is 1.33. The van der Waals surface area contributed by atoms with Crippen molar-refractivity contribution in [2.45, 2.75) is 38.8 Å². The molecule has 0 unspecified atom stereocenters. The van der Waals surface area contributed by atoms with Crippen LogP contribution in [0, 0.1) is 0 Å². The number of aliphatic hydroxyl groups is 1. The van der Waals surface area contributed by atoms with Gasteiger partial charge in [0, 0.05) is 13.0 Å². The van der Waals surface area contributed by atoms with Gasteiger partial charge in [-0.1, -0.05) is 5.21 Å². The molecule has 0 aromatic carbocycles. The molecule has 0 spiro atoms. The van der Waals surface area contributed by atoms with E-state index in [0.29, 0.717) is 18.7 Å². The van der Waals surface area contributed by atoms with Gasteiger partial charge in [-0.15, -0.1) is 5.10 Å². The molecule has 1 saturated heterocycles. The molecule has 0 saturated carbocycles. The highest BCUT2D eigenvalue weighted by molar-refractivity contribution is 5.96. The van der Waals surface area contributed by atoms with Crippen LogP contribution in [0.15, 0.2) is 6.20 Å². The molecule has 98 valence electrons. The summed E-state index contributed by atoms with van der Waals surface area (Å²) in [5, 5.41) is 17.3. The van der Waals surface area contributed by atoms with E-state index in [1.165, 1.54) is 15.8 Å². The molecule has 2 rings (SSSR count). The lowest BCUT2D eigenvalue weighted by molar-refractivity contribution is -0.142. The van der Waals surface area contributed by atoms with Gasteiger partial charge in [-0.05, 0) is 20.3 Å². The fourth-order valence-electron chi connectivity index (χ4n) is 1.79. The fraction of sp³-hybridized carbons (Fsp3) is 0.636. The number of nitrogens with zero attached hydrogens (tertiary/aromatic N) is 4. The Balaban J connectivity index is 2.03. The summed E-state index contributed by atoms with van der Waals surface area (Å²) in [6, 6.07) is 0. The topological polar surface area (TPSA) is 88.3 Å². The number of hydrogen-bond acceptors (Lipinski definition) is 5. The molecule has 2 heterocycles. The monoisotopic (exact) mass is 252 g/mol. The quantitative estimate of drug-likeness (QED) is 0.794. The summed E-state index contributed by atoms with van der Waals surface area (Å²) in [7, 11) is 0. The van der Waals surface area contributed by atoms with E-state index < -0.39 is 5.60 Å². The highest BCUT2D eigenvalue weighted by atomic mass is 16.3. The molecule has 0 aliphatic carbocycles. The molecule has 18 heavy (non-hydrogen) atoms. The lowest BCUT2D eigenvalue weighted by Gasteiger charge is -2.13. The maximum absolute atomic E-state index is 11.8. The van der Waals surface area contributed by atoms with E-state index >= 15 is 0 Å². The van der Waals surface area contributed by atoms with E-state index in [1.807, 2.05) is 0 Å². The van der Waals surface area contributed by atoms with Crippen molar-refractivity contribution in [2.75, 3.05) is 6.54 Å². The first-order valence-electron chi connectivity index (χ1n) is 5.84. The molecule has 7 heteroatoms. The maximum Gasteiger partial charge on any atom is 0.250 e. The summed E-state index contributed by atoms with van der Waals surface area (Å²) in [4.78, 5) is 24.5. The first-order chi connectivity index (χ1) is 8.38. The fourth-order valence-corrected chi connectivity index (χ4v) is 1.79. The van der Waals surface area contributed by atoms with Gasteiger partial charge in [0.05, 0.1) is 6.20 Å². The number of amides is 2. The Labute approximate surface area is 104 Å². The van der Waals surface area contributed by atoms with Crippen molar-refractivity contribution in [1.82, 2.24) is 19.9 Å². The summed E-state index contributed by atoms with van der Waals surface area (Å²) in [5.74, 6) is -0.424. The van der Waals surface area contributed by atoms with Crippen LogP contribution in [-0.4, -0.2) is 43.4 Å². The average molecular weight is 252 g/mol. The minimum Gasteiger partial charge on any atom is -0.384 e. The molecule has 0 atom stereocenters. The second kappa shape index (κ2) is 4.49. The molecule has 7 nitrogen and oxygen atoms in total. The van der Waals surface area contributed by atoms with Crippen molar-refractivity contribution in [3.8, 4) is 0 Å². The standard InChI is InChI=1S/C11H16N4O3/c1-11(2,18)8-6-14(13-12-8)7-10(17)15-5-3-4-9(15)16/h6,18H,3-5,7H2,1-2H3. The molecule has 0 radical (unpaired) electrons. The number of likely N-dealkylation sites (tertiary alicyclic amines) is 1. The van der Waals surface area contributed by atoms with E-state index in [0.717, 1.165) is 6.42 Å². The van der Waals surface area contributed by atoms with Gasteiger partial charge in [-0.2, -0.15) is 0 Å². The first-order valence-corrected chi connectivity index (χ1v) is 5.84. The molecule has 1 aromatic rings. The highest BCUT2D eigenvalue weighted by Crippen LogP contribution is 2.16. The minimum atomic E-state index is -1.09. The normalized spacial score (nSPS) is 16.4. The van der Waals surface area contributed by atoms with Crippen LogP contribution in [0.4, 0.5) is 0 Å². The predicted octanol–water partition coefficient (Wildman–Crippen LogP) is -0.346. The number of imide groups is 1. The zero-order chi connectivity index (χ0) is 13.3. The van der Waals surface area contributed by atoms with Crippen LogP contribution in [0.5, 0.6) is 0 Å². The summed E-state index contributed by atoms with van der Waals surface area (Å²) in [5.41, 5.74) is -0.701. The lowest BCUT2D eigenvalue weighted by atomic mass is 10.1. The van der Waals surface area contributed by atoms with Gasteiger partial charge >= 0.3 is 0 Å². The lowest BCUT2D eigenvalue weighted by Crippen LogP contribution is -2.34. The van der Waals surface area contributed by atoms with E-state index in [1.54, 1.807) is 13.8 Å². The molecule has 1 aliphatic heterocycles. The van der Waals surface area contributed by atoms with Crippen molar-refractivity contribution < 1.29 is 14.7 Å². The van der Waals surface area contributed by atoms with Gasteiger partial charge in [-0.3, -0.25) is 14.5 Å². The molecular formula is C11H16N4O3. The van der Waals surface area contributed by atoms with Crippen LogP contribution in [0.2, 0.25) is 0 Å². The number of aromatic nitrogens is 3. The molecule has 1 fully saturated rings. The third-order valence-corrected chi connectivity index (χ3v) is 2.84. The smallest absolute Gasteiger partial charge is 0.250 e. The Hall–Kier alpha value is -1.76. The van der Waals surface area contributed by atoms with Gasteiger partial charge in [0.2, 0.25) is 5.91 Å². The first kappa shape index (κ1) is 12.7. The molecule has 2 amide bonds. The average Bonchev–Trinajstić information content (AvgIpc) is 2.85. The van der Waals surface area contributed by atoms with E-state index in [9.17, 15) is 14.7 Å². The van der Waals surface area contributed by atoms with Crippen molar-refractivity contribution in [3.05, 3.63) is 11.9 Å². The molecule has 1 N–H and O–H groups in total. The van der Waals surface area contributed by atoms with Gasteiger partial charge in [0.25, 0.3) is 5.91 Å². The second-order valence-electron chi connectivity index (χ2n) is 4.90. The largest absolute Gasteiger partial charge is 0.384 e. The van der Waals surface area contributed by atoms with Crippen LogP contribution in [0.25, 0.3) is 0 Å². The van der Waals surface area contributed by atoms with E-state index in [-0.39, 0.29) is 18.4 Å². The Morgan fingerprint density at radius 3 is 2.78 bits per heavy atom. The number of carbonyl (C=O) groups excluding carboxylic acids is 2. The van der Waals surface area contributed by atoms with Crippen LogP contribution >= 0.6 is 0 Å². The molecular weight excluding hydrogens is 236 g/mol. The van der Waals surface area contributed by atoms with Crippen LogP contribution in [0.1, 0.15) is 32.4 Å². The summed E-state index contributed by atoms with van der Waals surface area (Å²) >= 11 is 0. The van der Waals surface area contributed by atoms with Crippen molar-refractivity contribution in [1.29, 1.82) is 0 Å². The van der Waals surface area contributed by atoms with E-state index in [2.05, 4.69) is 10.3 Å².